The van der Waals surface area contributed by atoms with Crippen LogP contribution in [-0.4, -0.2) is 41.5 Å². The Morgan fingerprint density at radius 3 is 2.31 bits per heavy atom. The van der Waals surface area contributed by atoms with Gasteiger partial charge in [-0.3, -0.25) is 4.90 Å². The summed E-state index contributed by atoms with van der Waals surface area (Å²) in [4.78, 5) is 13.1. The van der Waals surface area contributed by atoms with E-state index in [0.717, 1.165) is 38.2 Å². The van der Waals surface area contributed by atoms with Gasteiger partial charge in [0.2, 0.25) is 0 Å². The summed E-state index contributed by atoms with van der Waals surface area (Å²) in [7, 11) is 0. The molecule has 5 nitrogen and oxygen atoms in total. The molecule has 1 spiro atoms. The van der Waals surface area contributed by atoms with E-state index in [0.29, 0.717) is 11.5 Å². The maximum atomic E-state index is 10.7. The second kappa shape index (κ2) is 9.30. The molecule has 3 aliphatic rings. The predicted octanol–water partition coefficient (Wildman–Crippen LogP) is 6.38. The molecule has 5 heteroatoms. The van der Waals surface area contributed by atoms with Crippen LogP contribution in [0.2, 0.25) is 0 Å². The number of fused-ring (bicyclic) bond motifs is 1. The number of carbonyl (C=O) groups is 1. The van der Waals surface area contributed by atoms with Crippen molar-refractivity contribution in [2.75, 3.05) is 13.1 Å². The van der Waals surface area contributed by atoms with Crippen molar-refractivity contribution in [3.8, 4) is 5.75 Å². The minimum atomic E-state index is -1.16. The summed E-state index contributed by atoms with van der Waals surface area (Å²) in [6.07, 6.45) is 11.4. The van der Waals surface area contributed by atoms with E-state index in [-0.39, 0.29) is 6.10 Å². The van der Waals surface area contributed by atoms with Crippen LogP contribution in [-0.2, 0) is 11.3 Å². The molecule has 1 saturated heterocycles. The zero-order valence-electron chi connectivity index (χ0n) is 18.9. The van der Waals surface area contributed by atoms with Gasteiger partial charge in [0.1, 0.15) is 11.9 Å². The van der Waals surface area contributed by atoms with E-state index >= 15 is 0 Å². The maximum Gasteiger partial charge on any atom is 0.506 e. The van der Waals surface area contributed by atoms with Gasteiger partial charge in [-0.1, -0.05) is 31.0 Å². The number of rotatable bonds is 5. The summed E-state index contributed by atoms with van der Waals surface area (Å²) in [6, 6.07) is 13.2. The molecular weight excluding hydrogens is 402 g/mol. The van der Waals surface area contributed by atoms with E-state index in [1.54, 1.807) is 0 Å². The lowest BCUT2D eigenvalue weighted by Crippen LogP contribution is -2.37. The number of likely N-dealkylation sites (tertiary alicyclic amines) is 1. The lowest BCUT2D eigenvalue weighted by atomic mass is 9.72. The van der Waals surface area contributed by atoms with Crippen LogP contribution in [0.15, 0.2) is 36.4 Å². The highest BCUT2D eigenvalue weighted by Crippen LogP contribution is 2.49. The average molecular weight is 438 g/mol. The van der Waals surface area contributed by atoms with Gasteiger partial charge in [0.25, 0.3) is 0 Å². The second-order valence-corrected chi connectivity index (χ2v) is 10.2. The zero-order valence-corrected chi connectivity index (χ0v) is 18.9. The van der Waals surface area contributed by atoms with Crippen LogP contribution in [0.25, 0.3) is 10.8 Å². The van der Waals surface area contributed by atoms with Gasteiger partial charge in [0, 0.05) is 19.6 Å². The first-order chi connectivity index (χ1) is 15.6. The molecule has 0 amide bonds. The van der Waals surface area contributed by atoms with Crippen LogP contribution >= 0.6 is 0 Å². The smallest absolute Gasteiger partial charge is 0.490 e. The minimum Gasteiger partial charge on any atom is -0.490 e. The molecule has 172 valence electrons. The fraction of sp³-hybridized carbons (Fsp3) is 0.593. The third-order valence-corrected chi connectivity index (χ3v) is 8.04. The van der Waals surface area contributed by atoms with Crippen molar-refractivity contribution >= 4 is 16.9 Å². The summed E-state index contributed by atoms with van der Waals surface area (Å²) >= 11 is 0. The van der Waals surface area contributed by atoms with E-state index in [2.05, 4.69) is 41.3 Å². The SMILES string of the molecule is O=C(O)OC1CCN(Cc2ccc3cc(OC4CCC5(CCCC5)CC4)ccc3c2)CC1. The molecule has 1 aliphatic heterocycles. The normalized spacial score (nSPS) is 22.4. The largest absolute Gasteiger partial charge is 0.506 e. The van der Waals surface area contributed by atoms with Gasteiger partial charge >= 0.3 is 6.16 Å². The lowest BCUT2D eigenvalue weighted by Gasteiger charge is -2.37. The Kier molecular flexibility index (Phi) is 6.27. The van der Waals surface area contributed by atoms with E-state index in [1.807, 2.05) is 0 Å². The van der Waals surface area contributed by atoms with Crippen LogP contribution in [0.1, 0.15) is 69.8 Å². The van der Waals surface area contributed by atoms with Crippen molar-refractivity contribution in [1.82, 2.24) is 4.90 Å². The molecule has 2 aromatic carbocycles. The third kappa shape index (κ3) is 5.03. The van der Waals surface area contributed by atoms with Gasteiger partial charge in [0.15, 0.2) is 0 Å². The number of carboxylic acid groups (broad SMARTS) is 1. The molecule has 0 aromatic heterocycles. The molecule has 0 bridgehead atoms. The summed E-state index contributed by atoms with van der Waals surface area (Å²) < 4.78 is 11.3. The lowest BCUT2D eigenvalue weighted by molar-refractivity contribution is 0.0185. The molecule has 3 fully saturated rings. The van der Waals surface area contributed by atoms with E-state index < -0.39 is 6.16 Å². The standard InChI is InChI=1S/C27H35NO4/c29-26(30)32-24-9-15-28(16-10-24)19-20-3-4-22-18-25(6-5-21(22)17-20)31-23-7-13-27(14-8-23)11-1-2-12-27/h3-6,17-18,23-24H,1-2,7-16,19H2,(H,29,30). The van der Waals surface area contributed by atoms with Crippen LogP contribution in [0.5, 0.6) is 5.75 Å². The van der Waals surface area contributed by atoms with Gasteiger partial charge in [-0.05, 0) is 91.3 Å². The second-order valence-electron chi connectivity index (χ2n) is 10.2. The predicted molar refractivity (Wildman–Crippen MR) is 125 cm³/mol. The number of benzene rings is 2. The van der Waals surface area contributed by atoms with E-state index in [4.69, 9.17) is 14.6 Å². The minimum absolute atomic E-state index is 0.161. The highest BCUT2D eigenvalue weighted by Gasteiger charge is 2.38. The first-order valence-electron chi connectivity index (χ1n) is 12.4. The highest BCUT2D eigenvalue weighted by atomic mass is 16.7. The van der Waals surface area contributed by atoms with Crippen LogP contribution in [0, 0.1) is 5.41 Å². The molecule has 1 heterocycles. The average Bonchev–Trinajstić information content (AvgIpc) is 3.25. The Morgan fingerprint density at radius 2 is 1.59 bits per heavy atom. The van der Waals surface area contributed by atoms with Gasteiger partial charge in [-0.25, -0.2) is 4.79 Å². The Hall–Kier alpha value is -2.27. The molecule has 0 atom stereocenters. The van der Waals surface area contributed by atoms with E-state index in [1.165, 1.54) is 67.7 Å². The van der Waals surface area contributed by atoms with Crippen LogP contribution < -0.4 is 4.74 Å². The molecule has 32 heavy (non-hydrogen) atoms. The number of ether oxygens (including phenoxy) is 2. The van der Waals surface area contributed by atoms with Crippen molar-refractivity contribution in [1.29, 1.82) is 0 Å². The van der Waals surface area contributed by atoms with Gasteiger partial charge in [-0.2, -0.15) is 0 Å². The Bertz CT molecular complexity index is 934. The van der Waals surface area contributed by atoms with Crippen LogP contribution in [0.3, 0.4) is 0 Å². The number of hydrogen-bond acceptors (Lipinski definition) is 4. The Labute approximate surface area is 190 Å². The number of nitrogens with zero attached hydrogens (tertiary/aromatic N) is 1. The molecule has 2 aromatic rings. The Balaban J connectivity index is 1.16. The third-order valence-electron chi connectivity index (χ3n) is 8.04. The summed E-state index contributed by atoms with van der Waals surface area (Å²) in [5, 5.41) is 11.2. The summed E-state index contributed by atoms with van der Waals surface area (Å²) in [5.41, 5.74) is 1.94. The summed E-state index contributed by atoms with van der Waals surface area (Å²) in [6.45, 7) is 2.62. The zero-order chi connectivity index (χ0) is 22.0. The van der Waals surface area contributed by atoms with Gasteiger partial charge < -0.3 is 14.6 Å². The molecule has 0 unspecified atom stereocenters. The fourth-order valence-corrected chi connectivity index (χ4v) is 6.17. The van der Waals surface area contributed by atoms with Crippen molar-refractivity contribution in [2.24, 2.45) is 5.41 Å². The highest BCUT2D eigenvalue weighted by molar-refractivity contribution is 5.84. The molecular formula is C27H35NO4. The van der Waals surface area contributed by atoms with Crippen LogP contribution in [0.4, 0.5) is 4.79 Å². The van der Waals surface area contributed by atoms with E-state index in [9.17, 15) is 4.79 Å². The topological polar surface area (TPSA) is 59.0 Å². The molecule has 2 aliphatic carbocycles. The molecule has 0 radical (unpaired) electrons. The summed E-state index contributed by atoms with van der Waals surface area (Å²) in [5.74, 6) is 0.998. The van der Waals surface area contributed by atoms with Gasteiger partial charge in [0.05, 0.1) is 6.10 Å². The fourth-order valence-electron chi connectivity index (χ4n) is 6.17. The number of hydrogen-bond donors (Lipinski definition) is 1. The monoisotopic (exact) mass is 437 g/mol. The molecule has 1 N–H and O–H groups in total. The van der Waals surface area contributed by atoms with Crippen molar-refractivity contribution in [3.63, 3.8) is 0 Å². The van der Waals surface area contributed by atoms with Crippen molar-refractivity contribution in [3.05, 3.63) is 42.0 Å². The van der Waals surface area contributed by atoms with Crippen molar-refractivity contribution in [2.45, 2.75) is 83.0 Å². The first-order valence-corrected chi connectivity index (χ1v) is 12.4. The first kappa shape index (κ1) is 21.6. The quantitative estimate of drug-likeness (QED) is 0.550. The molecule has 2 saturated carbocycles. The van der Waals surface area contributed by atoms with Gasteiger partial charge in [-0.15, -0.1) is 0 Å². The molecule has 5 rings (SSSR count). The Morgan fingerprint density at radius 1 is 0.906 bits per heavy atom. The van der Waals surface area contributed by atoms with Crippen molar-refractivity contribution < 1.29 is 19.4 Å². The maximum absolute atomic E-state index is 10.7. The number of piperidine rings is 1.